The summed E-state index contributed by atoms with van der Waals surface area (Å²) in [6, 6.07) is 12.7. The SMILES string of the molecule is Cc1cc(CNC(=O)CN2C[C@@H]3C[C@H]2CN3CC(=O)NC(C)(C)C)nn1-c1ccccc1. The van der Waals surface area contributed by atoms with E-state index < -0.39 is 0 Å². The van der Waals surface area contributed by atoms with E-state index >= 15 is 0 Å². The smallest absolute Gasteiger partial charge is 0.234 e. The second kappa shape index (κ2) is 9.03. The van der Waals surface area contributed by atoms with Crippen molar-refractivity contribution in [2.45, 2.75) is 58.3 Å². The molecule has 172 valence electrons. The number of hydrogen-bond donors (Lipinski definition) is 2. The van der Waals surface area contributed by atoms with Crippen molar-refractivity contribution in [2.75, 3.05) is 26.2 Å². The van der Waals surface area contributed by atoms with Gasteiger partial charge in [-0.3, -0.25) is 19.4 Å². The zero-order valence-corrected chi connectivity index (χ0v) is 19.5. The van der Waals surface area contributed by atoms with Gasteiger partial charge in [-0.1, -0.05) is 18.2 Å². The van der Waals surface area contributed by atoms with Crippen LogP contribution in [0.15, 0.2) is 36.4 Å². The number of aromatic nitrogens is 2. The van der Waals surface area contributed by atoms with Gasteiger partial charge in [0, 0.05) is 36.4 Å². The molecule has 0 radical (unpaired) electrons. The molecule has 8 heteroatoms. The zero-order chi connectivity index (χ0) is 22.9. The van der Waals surface area contributed by atoms with Crippen LogP contribution in [0.2, 0.25) is 0 Å². The van der Waals surface area contributed by atoms with Gasteiger partial charge in [0.05, 0.1) is 31.0 Å². The number of hydrogen-bond acceptors (Lipinski definition) is 5. The molecular formula is C24H34N6O2. The third kappa shape index (κ3) is 5.37. The first-order valence-corrected chi connectivity index (χ1v) is 11.3. The number of carbonyl (C=O) groups is 2. The Labute approximate surface area is 190 Å². The van der Waals surface area contributed by atoms with Gasteiger partial charge in [0.2, 0.25) is 11.8 Å². The quantitative estimate of drug-likeness (QED) is 0.684. The Morgan fingerprint density at radius 1 is 1.03 bits per heavy atom. The molecule has 2 aliphatic heterocycles. The summed E-state index contributed by atoms with van der Waals surface area (Å²) in [6.45, 7) is 10.9. The molecule has 2 aromatic rings. The van der Waals surface area contributed by atoms with E-state index in [2.05, 4.69) is 25.5 Å². The van der Waals surface area contributed by atoms with Crippen LogP contribution in [0.4, 0.5) is 0 Å². The Bertz CT molecular complexity index is 965. The highest BCUT2D eigenvalue weighted by Crippen LogP contribution is 2.30. The Morgan fingerprint density at radius 3 is 2.25 bits per heavy atom. The lowest BCUT2D eigenvalue weighted by molar-refractivity contribution is -0.126. The molecule has 2 fully saturated rings. The summed E-state index contributed by atoms with van der Waals surface area (Å²) >= 11 is 0. The number of piperazine rings is 1. The van der Waals surface area contributed by atoms with Crippen LogP contribution in [0.1, 0.15) is 38.6 Å². The number of nitrogens with zero attached hydrogens (tertiary/aromatic N) is 4. The van der Waals surface area contributed by atoms with Crippen molar-refractivity contribution in [3.8, 4) is 5.69 Å². The van der Waals surface area contributed by atoms with Crippen LogP contribution in [0.5, 0.6) is 0 Å². The maximum atomic E-state index is 12.6. The number of carbonyl (C=O) groups excluding carboxylic acids is 2. The van der Waals surface area contributed by atoms with Gasteiger partial charge in [0.25, 0.3) is 0 Å². The highest BCUT2D eigenvalue weighted by atomic mass is 16.2. The van der Waals surface area contributed by atoms with Gasteiger partial charge in [0.15, 0.2) is 0 Å². The van der Waals surface area contributed by atoms with E-state index in [-0.39, 0.29) is 17.4 Å². The van der Waals surface area contributed by atoms with Crippen LogP contribution in [0.25, 0.3) is 5.69 Å². The zero-order valence-electron chi connectivity index (χ0n) is 19.5. The first-order chi connectivity index (χ1) is 15.2. The summed E-state index contributed by atoms with van der Waals surface area (Å²) in [7, 11) is 0. The van der Waals surface area contributed by atoms with Gasteiger partial charge in [-0.05, 0) is 52.3 Å². The molecule has 8 nitrogen and oxygen atoms in total. The van der Waals surface area contributed by atoms with Crippen molar-refractivity contribution in [3.63, 3.8) is 0 Å². The summed E-state index contributed by atoms with van der Waals surface area (Å²) < 4.78 is 1.89. The molecule has 3 heterocycles. The van der Waals surface area contributed by atoms with Crippen LogP contribution in [-0.2, 0) is 16.1 Å². The number of amides is 2. The second-order valence-corrected chi connectivity index (χ2v) is 10.0. The lowest BCUT2D eigenvalue weighted by Gasteiger charge is -2.34. The van der Waals surface area contributed by atoms with Gasteiger partial charge in [-0.2, -0.15) is 5.10 Å². The van der Waals surface area contributed by atoms with Crippen molar-refractivity contribution < 1.29 is 9.59 Å². The van der Waals surface area contributed by atoms with Crippen molar-refractivity contribution in [1.82, 2.24) is 30.2 Å². The van der Waals surface area contributed by atoms with Gasteiger partial charge in [-0.15, -0.1) is 0 Å². The number of aryl methyl sites for hydroxylation is 1. The van der Waals surface area contributed by atoms with E-state index in [4.69, 9.17) is 0 Å². The number of fused-ring (bicyclic) bond motifs is 2. The summed E-state index contributed by atoms with van der Waals surface area (Å²) in [5, 5.41) is 10.7. The van der Waals surface area contributed by atoms with Crippen LogP contribution >= 0.6 is 0 Å². The Morgan fingerprint density at radius 2 is 1.66 bits per heavy atom. The lowest BCUT2D eigenvalue weighted by atomic mass is 10.1. The normalized spacial score (nSPS) is 21.1. The highest BCUT2D eigenvalue weighted by molar-refractivity contribution is 5.79. The third-order valence-electron chi connectivity index (χ3n) is 6.08. The molecule has 32 heavy (non-hydrogen) atoms. The molecule has 0 unspecified atom stereocenters. The van der Waals surface area contributed by atoms with Gasteiger partial charge < -0.3 is 10.6 Å². The van der Waals surface area contributed by atoms with E-state index in [1.54, 1.807) is 0 Å². The van der Waals surface area contributed by atoms with E-state index in [9.17, 15) is 9.59 Å². The third-order valence-corrected chi connectivity index (χ3v) is 6.08. The second-order valence-electron chi connectivity index (χ2n) is 10.0. The van der Waals surface area contributed by atoms with Crippen molar-refractivity contribution in [1.29, 1.82) is 0 Å². The predicted molar refractivity (Wildman–Crippen MR) is 123 cm³/mol. The first kappa shape index (κ1) is 22.5. The topological polar surface area (TPSA) is 82.5 Å². The van der Waals surface area contributed by atoms with Crippen LogP contribution < -0.4 is 10.6 Å². The molecule has 4 rings (SSSR count). The van der Waals surface area contributed by atoms with E-state index in [0.29, 0.717) is 31.7 Å². The molecule has 2 atom stereocenters. The van der Waals surface area contributed by atoms with Crippen molar-refractivity contribution in [3.05, 3.63) is 47.8 Å². The predicted octanol–water partition coefficient (Wildman–Crippen LogP) is 1.47. The first-order valence-electron chi connectivity index (χ1n) is 11.3. The summed E-state index contributed by atoms with van der Waals surface area (Å²) in [4.78, 5) is 29.3. The highest BCUT2D eigenvalue weighted by Gasteiger charge is 2.44. The van der Waals surface area contributed by atoms with E-state index in [1.165, 1.54) is 0 Å². The maximum Gasteiger partial charge on any atom is 0.234 e. The monoisotopic (exact) mass is 438 g/mol. The molecule has 2 N–H and O–H groups in total. The minimum atomic E-state index is -0.213. The molecule has 1 aromatic heterocycles. The number of benzene rings is 1. The number of likely N-dealkylation sites (tertiary alicyclic amines) is 2. The van der Waals surface area contributed by atoms with Crippen molar-refractivity contribution in [2.24, 2.45) is 0 Å². The molecule has 0 spiro atoms. The molecule has 2 saturated heterocycles. The minimum Gasteiger partial charge on any atom is -0.350 e. The maximum absolute atomic E-state index is 12.6. The van der Waals surface area contributed by atoms with E-state index in [1.807, 2.05) is 68.8 Å². The largest absolute Gasteiger partial charge is 0.350 e. The molecule has 2 bridgehead atoms. The molecule has 2 amide bonds. The molecule has 0 aliphatic carbocycles. The summed E-state index contributed by atoms with van der Waals surface area (Å²) in [6.07, 6.45) is 1.02. The average Bonchev–Trinajstić information content (AvgIpc) is 3.39. The summed E-state index contributed by atoms with van der Waals surface area (Å²) in [5.74, 6) is 0.0843. The average molecular weight is 439 g/mol. The van der Waals surface area contributed by atoms with E-state index in [0.717, 1.165) is 36.6 Å². The standard InChI is InChI=1S/C24H34N6O2/c1-17-10-18(27-30(17)19-8-6-5-7-9-19)12-25-22(31)15-28-13-21-11-20(28)14-29(21)16-23(32)26-24(2,3)4/h5-10,20-21H,11-16H2,1-4H3,(H,25,31)(H,26,32)/t20-,21-/m0/s1. The molecular weight excluding hydrogens is 404 g/mol. The fraction of sp³-hybridized carbons (Fsp3) is 0.542. The minimum absolute atomic E-state index is 0.0153. The van der Waals surface area contributed by atoms with Crippen LogP contribution in [0.3, 0.4) is 0 Å². The number of rotatable bonds is 7. The van der Waals surface area contributed by atoms with Gasteiger partial charge in [0.1, 0.15) is 0 Å². The Kier molecular flexibility index (Phi) is 6.35. The fourth-order valence-corrected chi connectivity index (χ4v) is 4.75. The summed E-state index contributed by atoms with van der Waals surface area (Å²) in [5.41, 5.74) is 2.68. The van der Waals surface area contributed by atoms with Crippen LogP contribution in [-0.4, -0.2) is 75.2 Å². The molecule has 2 aliphatic rings. The molecule has 1 aromatic carbocycles. The fourth-order valence-electron chi connectivity index (χ4n) is 4.75. The number of para-hydroxylation sites is 1. The lowest BCUT2D eigenvalue weighted by Crippen LogP contribution is -2.53. The Hall–Kier alpha value is -2.71. The Balaban J connectivity index is 1.23. The van der Waals surface area contributed by atoms with Crippen molar-refractivity contribution >= 4 is 11.8 Å². The molecule has 0 saturated carbocycles. The van der Waals surface area contributed by atoms with Gasteiger partial charge >= 0.3 is 0 Å². The van der Waals surface area contributed by atoms with Gasteiger partial charge in [-0.25, -0.2) is 4.68 Å². The number of nitrogens with one attached hydrogen (secondary N) is 2. The van der Waals surface area contributed by atoms with Crippen LogP contribution in [0, 0.1) is 6.92 Å².